The van der Waals surface area contributed by atoms with Gasteiger partial charge in [-0.1, -0.05) is 25.1 Å². The predicted molar refractivity (Wildman–Crippen MR) is 76.8 cm³/mol. The van der Waals surface area contributed by atoms with Crippen LogP contribution in [-0.4, -0.2) is 21.3 Å². The zero-order chi connectivity index (χ0) is 13.2. The van der Waals surface area contributed by atoms with Crippen molar-refractivity contribution in [1.82, 2.24) is 9.78 Å². The number of benzene rings is 1. The minimum atomic E-state index is 0.160. The van der Waals surface area contributed by atoms with Gasteiger partial charge in [0.15, 0.2) is 5.78 Å². The largest absolute Gasteiger partial charge is 0.294 e. The number of thioether (sulfide) groups is 1. The molecule has 0 radical (unpaired) electrons. The Balaban J connectivity index is 1.76. The lowest BCUT2D eigenvalue weighted by Crippen LogP contribution is -2.09. The van der Waals surface area contributed by atoms with Crippen molar-refractivity contribution in [2.75, 3.05) is 5.75 Å². The van der Waals surface area contributed by atoms with Crippen LogP contribution in [0.3, 0.4) is 0 Å². The Bertz CT molecular complexity index is 606. The van der Waals surface area contributed by atoms with E-state index in [1.165, 1.54) is 10.5 Å². The number of fused-ring (bicyclic) bond motifs is 1. The van der Waals surface area contributed by atoms with Crippen molar-refractivity contribution in [2.45, 2.75) is 30.7 Å². The summed E-state index contributed by atoms with van der Waals surface area (Å²) in [4.78, 5) is 13.0. The topological polar surface area (TPSA) is 34.9 Å². The summed E-state index contributed by atoms with van der Waals surface area (Å²) in [6, 6.07) is 8.55. The summed E-state index contributed by atoms with van der Waals surface area (Å²) in [6.45, 7) is 2.73. The molecule has 1 aliphatic rings. The maximum absolute atomic E-state index is 11.6. The number of rotatable bonds is 4. The molecule has 1 aliphatic heterocycles. The summed E-state index contributed by atoms with van der Waals surface area (Å²) < 4.78 is 1.90. The van der Waals surface area contributed by atoms with Crippen molar-refractivity contribution in [1.29, 1.82) is 0 Å². The molecular formula is C15H16N2OS. The van der Waals surface area contributed by atoms with E-state index >= 15 is 0 Å². The molecule has 0 N–H and O–H groups in total. The van der Waals surface area contributed by atoms with E-state index in [0.29, 0.717) is 12.3 Å². The zero-order valence-corrected chi connectivity index (χ0v) is 11.7. The average Bonchev–Trinajstić information content (AvgIpc) is 3.06. The number of carbonyl (C=O) groups is 1. The minimum Gasteiger partial charge on any atom is -0.294 e. The van der Waals surface area contributed by atoms with E-state index in [1.54, 1.807) is 6.20 Å². The second-order valence-corrected chi connectivity index (χ2v) is 5.84. The van der Waals surface area contributed by atoms with Gasteiger partial charge in [-0.25, -0.2) is 0 Å². The Morgan fingerprint density at radius 2 is 2.32 bits per heavy atom. The highest BCUT2D eigenvalue weighted by Crippen LogP contribution is 2.39. The fourth-order valence-electron chi connectivity index (χ4n) is 2.42. The van der Waals surface area contributed by atoms with Crippen molar-refractivity contribution >= 4 is 17.5 Å². The molecule has 3 rings (SSSR count). The molecule has 0 fully saturated rings. The van der Waals surface area contributed by atoms with Gasteiger partial charge in [-0.05, 0) is 11.6 Å². The maximum Gasteiger partial charge on any atom is 0.165 e. The molecule has 2 aromatic rings. The molecule has 19 heavy (non-hydrogen) atoms. The van der Waals surface area contributed by atoms with Gasteiger partial charge in [0.05, 0.1) is 11.8 Å². The maximum atomic E-state index is 11.6. The third-order valence-corrected chi connectivity index (χ3v) is 4.73. The average molecular weight is 272 g/mol. The van der Waals surface area contributed by atoms with Crippen LogP contribution >= 0.6 is 11.8 Å². The van der Waals surface area contributed by atoms with Gasteiger partial charge >= 0.3 is 0 Å². The van der Waals surface area contributed by atoms with Crippen LogP contribution in [-0.2, 0) is 6.54 Å². The minimum absolute atomic E-state index is 0.160. The molecule has 2 heterocycles. The molecule has 1 aromatic heterocycles. The van der Waals surface area contributed by atoms with Crippen LogP contribution in [0.2, 0.25) is 0 Å². The molecule has 1 unspecified atom stereocenters. The number of nitrogens with zero attached hydrogens (tertiary/aromatic N) is 2. The van der Waals surface area contributed by atoms with Gasteiger partial charge in [-0.15, -0.1) is 11.8 Å². The number of carbonyl (C=O) groups excluding carboxylic acids is 1. The summed E-state index contributed by atoms with van der Waals surface area (Å²) in [7, 11) is 0. The standard InChI is InChI=1S/C15H16N2OS/c1-2-14(18)11-7-16-17(8-11)9-12-10-19-15-6-4-3-5-13(12)15/h3-8,12H,2,9-10H2,1H3. The number of ketones is 1. The Morgan fingerprint density at radius 3 is 3.16 bits per heavy atom. The highest BCUT2D eigenvalue weighted by molar-refractivity contribution is 7.99. The van der Waals surface area contributed by atoms with Gasteiger partial charge < -0.3 is 0 Å². The number of Topliss-reactive ketones (excluding diaryl/α,β-unsaturated/α-hetero) is 1. The summed E-state index contributed by atoms with van der Waals surface area (Å²) in [5.41, 5.74) is 2.13. The smallest absolute Gasteiger partial charge is 0.165 e. The SMILES string of the molecule is CCC(=O)c1cnn(CC2CSc3ccccc32)c1. The van der Waals surface area contributed by atoms with Gasteiger partial charge in [0.25, 0.3) is 0 Å². The van der Waals surface area contributed by atoms with Crippen LogP contribution in [0, 0.1) is 0 Å². The first-order valence-electron chi connectivity index (χ1n) is 6.55. The third kappa shape index (κ3) is 2.45. The summed E-state index contributed by atoms with van der Waals surface area (Å²) in [6.07, 6.45) is 4.09. The molecule has 0 spiro atoms. The highest BCUT2D eigenvalue weighted by Gasteiger charge is 2.23. The molecule has 3 nitrogen and oxygen atoms in total. The van der Waals surface area contributed by atoms with E-state index in [2.05, 4.69) is 29.4 Å². The second-order valence-electron chi connectivity index (χ2n) is 4.77. The van der Waals surface area contributed by atoms with Crippen LogP contribution in [0.25, 0.3) is 0 Å². The summed E-state index contributed by atoms with van der Waals surface area (Å²) in [5, 5.41) is 4.31. The van der Waals surface area contributed by atoms with Gasteiger partial charge in [-0.2, -0.15) is 5.10 Å². The van der Waals surface area contributed by atoms with Crippen LogP contribution in [0.5, 0.6) is 0 Å². The fourth-order valence-corrected chi connectivity index (χ4v) is 3.66. The quantitative estimate of drug-likeness (QED) is 0.800. The summed E-state index contributed by atoms with van der Waals surface area (Å²) >= 11 is 1.90. The predicted octanol–water partition coefficient (Wildman–Crippen LogP) is 3.37. The van der Waals surface area contributed by atoms with Crippen LogP contribution in [0.1, 0.15) is 35.2 Å². The van der Waals surface area contributed by atoms with Crippen LogP contribution < -0.4 is 0 Å². The number of hydrogen-bond donors (Lipinski definition) is 0. The molecule has 1 atom stereocenters. The van der Waals surface area contributed by atoms with E-state index in [1.807, 2.05) is 29.6 Å². The highest BCUT2D eigenvalue weighted by atomic mass is 32.2. The lowest BCUT2D eigenvalue weighted by molar-refractivity contribution is 0.0988. The van der Waals surface area contributed by atoms with Crippen molar-refractivity contribution in [3.05, 3.63) is 47.8 Å². The first kappa shape index (κ1) is 12.5. The Hall–Kier alpha value is -1.55. The number of aromatic nitrogens is 2. The molecule has 0 aliphatic carbocycles. The first-order valence-corrected chi connectivity index (χ1v) is 7.54. The monoisotopic (exact) mass is 272 g/mol. The van der Waals surface area contributed by atoms with E-state index < -0.39 is 0 Å². The molecular weight excluding hydrogens is 256 g/mol. The van der Waals surface area contributed by atoms with Crippen molar-refractivity contribution in [2.24, 2.45) is 0 Å². The fraction of sp³-hybridized carbons (Fsp3) is 0.333. The van der Waals surface area contributed by atoms with Gasteiger partial charge in [-0.3, -0.25) is 9.48 Å². The Morgan fingerprint density at radius 1 is 1.47 bits per heavy atom. The second kappa shape index (κ2) is 5.21. The molecule has 0 saturated carbocycles. The molecule has 98 valence electrons. The first-order chi connectivity index (χ1) is 9.28. The van der Waals surface area contributed by atoms with Crippen molar-refractivity contribution < 1.29 is 4.79 Å². The molecule has 1 aromatic carbocycles. The van der Waals surface area contributed by atoms with Gasteiger partial charge in [0.1, 0.15) is 0 Å². The Kier molecular flexibility index (Phi) is 3.42. The lowest BCUT2D eigenvalue weighted by Gasteiger charge is -2.10. The molecule has 0 amide bonds. The normalized spacial score (nSPS) is 17.4. The van der Waals surface area contributed by atoms with Gasteiger partial charge in [0.2, 0.25) is 0 Å². The van der Waals surface area contributed by atoms with E-state index in [0.717, 1.165) is 17.9 Å². The van der Waals surface area contributed by atoms with E-state index in [-0.39, 0.29) is 5.78 Å². The molecule has 0 bridgehead atoms. The van der Waals surface area contributed by atoms with E-state index in [9.17, 15) is 4.79 Å². The van der Waals surface area contributed by atoms with Gasteiger partial charge in [0, 0.05) is 35.7 Å². The zero-order valence-electron chi connectivity index (χ0n) is 10.9. The third-order valence-electron chi connectivity index (χ3n) is 3.48. The lowest BCUT2D eigenvalue weighted by atomic mass is 10.0. The van der Waals surface area contributed by atoms with Crippen LogP contribution in [0.4, 0.5) is 0 Å². The van der Waals surface area contributed by atoms with Crippen molar-refractivity contribution in [3.63, 3.8) is 0 Å². The Labute approximate surface area is 117 Å². The van der Waals surface area contributed by atoms with E-state index in [4.69, 9.17) is 0 Å². The van der Waals surface area contributed by atoms with Crippen molar-refractivity contribution in [3.8, 4) is 0 Å². The summed E-state index contributed by atoms with van der Waals surface area (Å²) in [5.74, 6) is 1.74. The molecule has 4 heteroatoms. The number of hydrogen-bond acceptors (Lipinski definition) is 3. The van der Waals surface area contributed by atoms with Crippen LogP contribution in [0.15, 0.2) is 41.6 Å². The molecule has 0 saturated heterocycles.